The minimum Gasteiger partial charge on any atom is -0.444 e. The molecule has 1 saturated heterocycles. The largest absolute Gasteiger partial charge is 0.444 e. The van der Waals surface area contributed by atoms with Gasteiger partial charge < -0.3 is 25.0 Å². The number of nitrogens with one attached hydrogen (secondary N) is 2. The SMILES string of the molecule is CC(C)C(=O)Nc1cn(C(=O)OC(C)(C)C)c2ncc(Br)c(N3CCCC(NC(=O)OC(C)(C)C)C3)c12. The van der Waals surface area contributed by atoms with Gasteiger partial charge >= 0.3 is 12.2 Å². The molecule has 1 unspecified atom stereocenters. The number of alkyl carbamates (subject to hydrolysis) is 1. The van der Waals surface area contributed by atoms with Gasteiger partial charge in [-0.3, -0.25) is 4.79 Å². The molecule has 11 heteroatoms. The zero-order valence-electron chi connectivity index (χ0n) is 22.9. The molecule has 3 heterocycles. The van der Waals surface area contributed by atoms with Gasteiger partial charge in [0.15, 0.2) is 5.65 Å². The molecule has 1 aliphatic rings. The number of pyridine rings is 1. The quantitative estimate of drug-likeness (QED) is 0.479. The minimum atomic E-state index is -0.708. The van der Waals surface area contributed by atoms with E-state index in [0.29, 0.717) is 27.7 Å². The molecule has 2 aromatic rings. The lowest BCUT2D eigenvalue weighted by Gasteiger charge is -2.36. The number of piperidine rings is 1. The highest BCUT2D eigenvalue weighted by atomic mass is 79.9. The van der Waals surface area contributed by atoms with Crippen molar-refractivity contribution < 1.29 is 23.9 Å². The molecule has 0 bridgehead atoms. The van der Waals surface area contributed by atoms with Crippen molar-refractivity contribution in [3.8, 4) is 0 Å². The lowest BCUT2D eigenvalue weighted by Crippen LogP contribution is -2.49. The number of carbonyl (C=O) groups excluding carboxylic acids is 3. The lowest BCUT2D eigenvalue weighted by molar-refractivity contribution is -0.118. The summed E-state index contributed by atoms with van der Waals surface area (Å²) in [6.45, 7) is 15.7. The van der Waals surface area contributed by atoms with Gasteiger partial charge in [-0.2, -0.15) is 0 Å². The van der Waals surface area contributed by atoms with Gasteiger partial charge in [0.2, 0.25) is 5.91 Å². The van der Waals surface area contributed by atoms with Gasteiger partial charge in [0.25, 0.3) is 0 Å². The summed E-state index contributed by atoms with van der Waals surface area (Å²) < 4.78 is 13.1. The van der Waals surface area contributed by atoms with E-state index in [1.807, 2.05) is 20.8 Å². The number of amides is 2. The predicted octanol–water partition coefficient (Wildman–Crippen LogP) is 5.67. The number of halogens is 1. The molecule has 0 aliphatic carbocycles. The van der Waals surface area contributed by atoms with Crippen molar-refractivity contribution >= 4 is 56.4 Å². The van der Waals surface area contributed by atoms with Crippen LogP contribution in [0.5, 0.6) is 0 Å². The number of nitrogens with zero attached hydrogens (tertiary/aromatic N) is 3. The molecule has 10 nitrogen and oxygen atoms in total. The smallest absolute Gasteiger partial charge is 0.420 e. The maximum Gasteiger partial charge on any atom is 0.420 e. The van der Waals surface area contributed by atoms with Gasteiger partial charge in [0, 0.05) is 37.4 Å². The van der Waals surface area contributed by atoms with Crippen molar-refractivity contribution in [2.75, 3.05) is 23.3 Å². The number of hydrogen-bond acceptors (Lipinski definition) is 7. The summed E-state index contributed by atoms with van der Waals surface area (Å²) in [6, 6.07) is -0.139. The number of anilines is 2. The summed E-state index contributed by atoms with van der Waals surface area (Å²) in [6.07, 6.45) is 3.78. The second kappa shape index (κ2) is 10.9. The zero-order valence-corrected chi connectivity index (χ0v) is 24.5. The topological polar surface area (TPSA) is 115 Å². The fourth-order valence-electron chi connectivity index (χ4n) is 4.06. The van der Waals surface area contributed by atoms with E-state index in [0.717, 1.165) is 25.1 Å². The average Bonchev–Trinajstić information content (AvgIpc) is 3.09. The standard InChI is InChI=1S/C26H38BrN5O5/c1-15(2)22(33)30-18-14-32(24(35)37-26(6,7)8)21-19(18)20(17(27)12-28-21)31-11-9-10-16(13-31)29-23(34)36-25(3,4)5/h12,14-16H,9-11,13H2,1-8H3,(H,29,34)(H,30,33). The third kappa shape index (κ3) is 7.37. The highest BCUT2D eigenvalue weighted by Crippen LogP contribution is 2.40. The van der Waals surface area contributed by atoms with Crippen LogP contribution in [0.25, 0.3) is 11.0 Å². The van der Waals surface area contributed by atoms with Crippen LogP contribution in [0.2, 0.25) is 0 Å². The summed E-state index contributed by atoms with van der Waals surface area (Å²) in [4.78, 5) is 44.8. The van der Waals surface area contributed by atoms with E-state index in [1.54, 1.807) is 47.0 Å². The minimum absolute atomic E-state index is 0.139. The molecule has 1 aliphatic heterocycles. The van der Waals surface area contributed by atoms with Crippen molar-refractivity contribution in [3.63, 3.8) is 0 Å². The van der Waals surface area contributed by atoms with E-state index in [2.05, 4.69) is 36.4 Å². The molecule has 1 fully saturated rings. The van der Waals surface area contributed by atoms with Gasteiger partial charge in [0.05, 0.1) is 21.2 Å². The van der Waals surface area contributed by atoms with Crippen molar-refractivity contribution in [2.24, 2.45) is 5.92 Å². The molecule has 1 atom stereocenters. The van der Waals surface area contributed by atoms with Crippen molar-refractivity contribution in [3.05, 3.63) is 16.9 Å². The summed E-state index contributed by atoms with van der Waals surface area (Å²) in [5, 5.41) is 6.54. The first-order valence-electron chi connectivity index (χ1n) is 12.5. The first-order chi connectivity index (χ1) is 17.1. The monoisotopic (exact) mass is 579 g/mol. The molecule has 3 rings (SSSR count). The summed E-state index contributed by atoms with van der Waals surface area (Å²) in [7, 11) is 0. The van der Waals surface area contributed by atoms with Crippen LogP contribution in [0.15, 0.2) is 16.9 Å². The van der Waals surface area contributed by atoms with E-state index in [4.69, 9.17) is 9.47 Å². The molecule has 0 saturated carbocycles. The Hall–Kier alpha value is -2.82. The predicted molar refractivity (Wildman–Crippen MR) is 147 cm³/mol. The zero-order chi connectivity index (χ0) is 27.7. The second-order valence-electron chi connectivity index (χ2n) is 11.6. The van der Waals surface area contributed by atoms with E-state index in [9.17, 15) is 14.4 Å². The number of ether oxygens (including phenoxy) is 2. The molecule has 0 radical (unpaired) electrons. The van der Waals surface area contributed by atoms with Gasteiger partial charge in [-0.1, -0.05) is 13.8 Å². The lowest BCUT2D eigenvalue weighted by atomic mass is 10.0. The van der Waals surface area contributed by atoms with Gasteiger partial charge in [0.1, 0.15) is 11.2 Å². The van der Waals surface area contributed by atoms with Gasteiger partial charge in [-0.05, 0) is 70.3 Å². The van der Waals surface area contributed by atoms with E-state index < -0.39 is 23.4 Å². The number of rotatable bonds is 4. The maximum absolute atomic E-state index is 13.1. The first-order valence-corrected chi connectivity index (χ1v) is 13.3. The molecular weight excluding hydrogens is 542 g/mol. The normalized spacial score (nSPS) is 16.6. The maximum atomic E-state index is 13.1. The van der Waals surface area contributed by atoms with Crippen molar-refractivity contribution in [1.29, 1.82) is 0 Å². The van der Waals surface area contributed by atoms with Crippen LogP contribution in [0, 0.1) is 5.92 Å². The Labute approximate surface area is 226 Å². The Kier molecular flexibility index (Phi) is 8.46. The van der Waals surface area contributed by atoms with Gasteiger partial charge in [-0.25, -0.2) is 19.1 Å². The fourth-order valence-corrected chi connectivity index (χ4v) is 4.61. The third-order valence-electron chi connectivity index (χ3n) is 5.57. The van der Waals surface area contributed by atoms with Crippen LogP contribution in [-0.2, 0) is 14.3 Å². The van der Waals surface area contributed by atoms with E-state index >= 15 is 0 Å². The number of carbonyl (C=O) groups is 3. The molecule has 0 aromatic carbocycles. The fraction of sp³-hybridized carbons (Fsp3) is 0.615. The Morgan fingerprint density at radius 1 is 1.11 bits per heavy atom. The van der Waals surface area contributed by atoms with E-state index in [-0.39, 0.29) is 17.9 Å². The molecule has 0 spiro atoms. The molecule has 37 heavy (non-hydrogen) atoms. The molecule has 204 valence electrons. The molecular formula is C26H38BrN5O5. The van der Waals surface area contributed by atoms with Crippen LogP contribution in [0.4, 0.5) is 21.0 Å². The third-order valence-corrected chi connectivity index (χ3v) is 6.15. The highest BCUT2D eigenvalue weighted by Gasteiger charge is 2.30. The highest BCUT2D eigenvalue weighted by molar-refractivity contribution is 9.10. The Balaban J connectivity index is 2.04. The van der Waals surface area contributed by atoms with Crippen molar-refractivity contribution in [2.45, 2.75) is 85.5 Å². The molecule has 2 N–H and O–H groups in total. The first kappa shape index (κ1) is 28.7. The molecule has 2 amide bonds. The van der Waals surface area contributed by atoms with Crippen LogP contribution >= 0.6 is 15.9 Å². The Morgan fingerprint density at radius 3 is 2.35 bits per heavy atom. The Morgan fingerprint density at radius 2 is 1.76 bits per heavy atom. The number of fused-ring (bicyclic) bond motifs is 1. The Bertz CT molecular complexity index is 1180. The van der Waals surface area contributed by atoms with Gasteiger partial charge in [-0.15, -0.1) is 0 Å². The summed E-state index contributed by atoms with van der Waals surface area (Å²) >= 11 is 3.63. The van der Waals surface area contributed by atoms with Crippen LogP contribution in [0.1, 0.15) is 68.2 Å². The average molecular weight is 581 g/mol. The van der Waals surface area contributed by atoms with Crippen LogP contribution in [0.3, 0.4) is 0 Å². The number of hydrogen-bond donors (Lipinski definition) is 2. The second-order valence-corrected chi connectivity index (χ2v) is 12.5. The van der Waals surface area contributed by atoms with Crippen molar-refractivity contribution in [1.82, 2.24) is 14.9 Å². The van der Waals surface area contributed by atoms with Crippen LogP contribution in [-0.4, -0.2) is 58.0 Å². The van der Waals surface area contributed by atoms with E-state index in [1.165, 1.54) is 4.57 Å². The summed E-state index contributed by atoms with van der Waals surface area (Å²) in [5.74, 6) is -0.446. The van der Waals surface area contributed by atoms with Crippen LogP contribution < -0.4 is 15.5 Å². The summed E-state index contributed by atoms with van der Waals surface area (Å²) in [5.41, 5.74) is 0.314. The molecule has 2 aromatic heterocycles. The number of aromatic nitrogens is 2.